The van der Waals surface area contributed by atoms with Crippen molar-refractivity contribution in [1.29, 1.82) is 0 Å². The van der Waals surface area contributed by atoms with Gasteiger partial charge in [0.15, 0.2) is 0 Å². The lowest BCUT2D eigenvalue weighted by molar-refractivity contribution is 0.102. The van der Waals surface area contributed by atoms with Crippen molar-refractivity contribution >= 4 is 39.1 Å². The summed E-state index contributed by atoms with van der Waals surface area (Å²) in [7, 11) is 1.55. The number of halogens is 2. The molecule has 2 rings (SSSR count). The predicted octanol–water partition coefficient (Wildman–Crippen LogP) is 4.07. The summed E-state index contributed by atoms with van der Waals surface area (Å²) in [6, 6.07) is 8.55. The highest BCUT2D eigenvalue weighted by atomic mass is 79.9. The molecule has 0 fully saturated rings. The van der Waals surface area contributed by atoms with Gasteiger partial charge in [0, 0.05) is 4.47 Å². The molecule has 0 aliphatic rings. The van der Waals surface area contributed by atoms with Crippen molar-refractivity contribution in [1.82, 2.24) is 4.98 Å². The Bertz CT molecular complexity index is 662. The number of nitrogens with zero attached hydrogens (tertiary/aromatic N) is 1. The molecule has 0 saturated heterocycles. The van der Waals surface area contributed by atoms with Crippen molar-refractivity contribution in [3.63, 3.8) is 0 Å². The van der Waals surface area contributed by atoms with Crippen LogP contribution in [0.25, 0.3) is 0 Å². The Hall–Kier alpha value is -1.59. The van der Waals surface area contributed by atoms with Crippen molar-refractivity contribution in [2.75, 3.05) is 12.4 Å². The van der Waals surface area contributed by atoms with Crippen LogP contribution in [-0.2, 0) is 0 Å². The van der Waals surface area contributed by atoms with Gasteiger partial charge < -0.3 is 10.1 Å². The second kappa shape index (κ2) is 6.24. The number of aryl methyl sites for hydroxylation is 1. The van der Waals surface area contributed by atoms with Crippen molar-refractivity contribution < 1.29 is 9.53 Å². The number of anilines is 1. The Labute approximate surface area is 130 Å². The number of nitrogens with one attached hydrogen (secondary N) is 1. The maximum Gasteiger partial charge on any atom is 0.256 e. The Kier molecular flexibility index (Phi) is 4.62. The lowest BCUT2D eigenvalue weighted by atomic mass is 10.2. The fraction of sp³-hybridized carbons (Fsp3) is 0.143. The summed E-state index contributed by atoms with van der Waals surface area (Å²) in [4.78, 5) is 16.4. The van der Waals surface area contributed by atoms with E-state index in [2.05, 4.69) is 26.2 Å². The molecule has 0 saturated carbocycles. The van der Waals surface area contributed by atoms with Gasteiger partial charge in [-0.2, -0.15) is 0 Å². The van der Waals surface area contributed by atoms with Crippen LogP contribution in [0.15, 0.2) is 34.8 Å². The predicted molar refractivity (Wildman–Crippen MR) is 82.6 cm³/mol. The standard InChI is InChI=1S/C14H12BrClN2O2/c1-8-12(5-6-13(16)17-8)18-14(19)10-7-9(20-2)3-4-11(10)15/h3-7H,1-2H3,(H,18,19). The molecule has 1 aromatic heterocycles. The van der Waals surface area contributed by atoms with E-state index in [4.69, 9.17) is 16.3 Å². The summed E-state index contributed by atoms with van der Waals surface area (Å²) >= 11 is 9.14. The lowest BCUT2D eigenvalue weighted by Gasteiger charge is -2.10. The van der Waals surface area contributed by atoms with Gasteiger partial charge in [-0.25, -0.2) is 4.98 Å². The number of pyridine rings is 1. The van der Waals surface area contributed by atoms with E-state index >= 15 is 0 Å². The first kappa shape index (κ1) is 14.8. The quantitative estimate of drug-likeness (QED) is 0.845. The molecule has 4 nitrogen and oxygen atoms in total. The number of carbonyl (C=O) groups is 1. The monoisotopic (exact) mass is 354 g/mol. The number of ether oxygens (including phenoxy) is 1. The summed E-state index contributed by atoms with van der Waals surface area (Å²) in [5, 5.41) is 3.19. The first-order valence-electron chi connectivity index (χ1n) is 5.79. The van der Waals surface area contributed by atoms with Crippen LogP contribution in [0.4, 0.5) is 5.69 Å². The van der Waals surface area contributed by atoms with Gasteiger partial charge in [-0.05, 0) is 53.2 Å². The highest BCUT2D eigenvalue weighted by Gasteiger charge is 2.13. The molecule has 104 valence electrons. The Morgan fingerprint density at radius 1 is 1.35 bits per heavy atom. The molecule has 1 aromatic carbocycles. The van der Waals surface area contributed by atoms with Crippen LogP contribution in [0.2, 0.25) is 5.15 Å². The van der Waals surface area contributed by atoms with Crippen LogP contribution in [-0.4, -0.2) is 18.0 Å². The van der Waals surface area contributed by atoms with Gasteiger partial charge in [-0.1, -0.05) is 11.6 Å². The van der Waals surface area contributed by atoms with Crippen LogP contribution in [0.5, 0.6) is 5.75 Å². The van der Waals surface area contributed by atoms with Crippen molar-refractivity contribution in [2.24, 2.45) is 0 Å². The smallest absolute Gasteiger partial charge is 0.256 e. The maximum atomic E-state index is 12.3. The third-order valence-electron chi connectivity index (χ3n) is 2.72. The second-order valence-corrected chi connectivity index (χ2v) is 5.31. The van der Waals surface area contributed by atoms with Crippen molar-refractivity contribution in [3.8, 4) is 5.75 Å². The SMILES string of the molecule is COc1ccc(Br)c(C(=O)Nc2ccc(Cl)nc2C)c1. The van der Waals surface area contributed by atoms with E-state index in [9.17, 15) is 4.79 Å². The Morgan fingerprint density at radius 2 is 2.10 bits per heavy atom. The highest BCUT2D eigenvalue weighted by Crippen LogP contribution is 2.24. The van der Waals surface area contributed by atoms with E-state index in [-0.39, 0.29) is 5.91 Å². The molecule has 1 N–H and O–H groups in total. The minimum Gasteiger partial charge on any atom is -0.497 e. The number of amides is 1. The Balaban J connectivity index is 2.28. The van der Waals surface area contributed by atoms with E-state index in [0.29, 0.717) is 32.3 Å². The van der Waals surface area contributed by atoms with Crippen LogP contribution in [0, 0.1) is 6.92 Å². The molecular formula is C14H12BrClN2O2. The summed E-state index contributed by atoms with van der Waals surface area (Å²) < 4.78 is 5.81. The zero-order chi connectivity index (χ0) is 14.7. The molecule has 0 aliphatic carbocycles. The molecular weight excluding hydrogens is 344 g/mol. The third-order valence-corrected chi connectivity index (χ3v) is 3.62. The average molecular weight is 356 g/mol. The second-order valence-electron chi connectivity index (χ2n) is 4.07. The van der Waals surface area contributed by atoms with Gasteiger partial charge in [-0.3, -0.25) is 4.79 Å². The third kappa shape index (κ3) is 3.29. The topological polar surface area (TPSA) is 51.2 Å². The summed E-state index contributed by atoms with van der Waals surface area (Å²) in [5.41, 5.74) is 1.76. The molecule has 6 heteroatoms. The first-order chi connectivity index (χ1) is 9.51. The summed E-state index contributed by atoms with van der Waals surface area (Å²) in [5.74, 6) is 0.368. The summed E-state index contributed by atoms with van der Waals surface area (Å²) in [6.45, 7) is 1.78. The lowest BCUT2D eigenvalue weighted by Crippen LogP contribution is -2.14. The minimum atomic E-state index is -0.247. The van der Waals surface area contributed by atoms with Gasteiger partial charge in [0.05, 0.1) is 24.1 Å². The molecule has 0 atom stereocenters. The minimum absolute atomic E-state index is 0.247. The number of aromatic nitrogens is 1. The molecule has 0 unspecified atom stereocenters. The van der Waals surface area contributed by atoms with E-state index in [1.807, 2.05) is 0 Å². The molecule has 0 spiro atoms. The first-order valence-corrected chi connectivity index (χ1v) is 6.96. The van der Waals surface area contributed by atoms with E-state index < -0.39 is 0 Å². The molecule has 2 aromatic rings. The number of benzene rings is 1. The fourth-order valence-corrected chi connectivity index (χ4v) is 2.27. The normalized spacial score (nSPS) is 10.2. The molecule has 0 radical (unpaired) electrons. The maximum absolute atomic E-state index is 12.3. The van der Waals surface area contributed by atoms with Gasteiger partial charge >= 0.3 is 0 Å². The zero-order valence-electron chi connectivity index (χ0n) is 10.9. The fourth-order valence-electron chi connectivity index (χ4n) is 1.66. The molecule has 1 heterocycles. The largest absolute Gasteiger partial charge is 0.497 e. The van der Waals surface area contributed by atoms with E-state index in [1.54, 1.807) is 44.4 Å². The number of methoxy groups -OCH3 is 1. The van der Waals surface area contributed by atoms with E-state index in [1.165, 1.54) is 0 Å². The average Bonchev–Trinajstić information content (AvgIpc) is 2.42. The molecule has 0 aliphatic heterocycles. The van der Waals surface area contributed by atoms with Crippen LogP contribution in [0.1, 0.15) is 16.1 Å². The van der Waals surface area contributed by atoms with Crippen LogP contribution in [0.3, 0.4) is 0 Å². The van der Waals surface area contributed by atoms with Crippen LogP contribution >= 0.6 is 27.5 Å². The number of hydrogen-bond acceptors (Lipinski definition) is 3. The molecule has 0 bridgehead atoms. The number of hydrogen-bond donors (Lipinski definition) is 1. The van der Waals surface area contributed by atoms with Crippen molar-refractivity contribution in [3.05, 3.63) is 51.2 Å². The zero-order valence-corrected chi connectivity index (χ0v) is 13.2. The molecule has 1 amide bonds. The highest BCUT2D eigenvalue weighted by molar-refractivity contribution is 9.10. The number of carbonyl (C=O) groups excluding carboxylic acids is 1. The van der Waals surface area contributed by atoms with Gasteiger partial charge in [-0.15, -0.1) is 0 Å². The van der Waals surface area contributed by atoms with Gasteiger partial charge in [0.1, 0.15) is 10.9 Å². The summed E-state index contributed by atoms with van der Waals surface area (Å²) in [6.07, 6.45) is 0. The number of rotatable bonds is 3. The van der Waals surface area contributed by atoms with E-state index in [0.717, 1.165) is 0 Å². The van der Waals surface area contributed by atoms with Crippen LogP contribution < -0.4 is 10.1 Å². The van der Waals surface area contributed by atoms with Crippen molar-refractivity contribution in [2.45, 2.75) is 6.92 Å². The Morgan fingerprint density at radius 3 is 2.75 bits per heavy atom. The molecule has 20 heavy (non-hydrogen) atoms. The van der Waals surface area contributed by atoms with Gasteiger partial charge in [0.2, 0.25) is 0 Å². The van der Waals surface area contributed by atoms with Gasteiger partial charge in [0.25, 0.3) is 5.91 Å².